The molecule has 0 aliphatic carbocycles. The number of carbonyl (C=O) groups is 1. The van der Waals surface area contributed by atoms with E-state index in [-0.39, 0.29) is 5.91 Å². The van der Waals surface area contributed by atoms with Gasteiger partial charge in [0.05, 0.1) is 6.42 Å². The highest BCUT2D eigenvalue weighted by atomic mass is 16.2. The number of hydrogen-bond acceptors (Lipinski definition) is 2. The fraction of sp³-hybridized carbons (Fsp3) is 0.316. The van der Waals surface area contributed by atoms with Crippen LogP contribution in [0.4, 0.5) is 11.4 Å². The summed E-state index contributed by atoms with van der Waals surface area (Å²) < 4.78 is 0. The Hall–Kier alpha value is -2.29. The fourth-order valence-corrected chi connectivity index (χ4v) is 3.16. The molecule has 1 aliphatic rings. The molecule has 0 saturated heterocycles. The van der Waals surface area contributed by atoms with Crippen molar-refractivity contribution in [1.29, 1.82) is 0 Å². The zero-order chi connectivity index (χ0) is 15.7. The molecule has 0 saturated carbocycles. The van der Waals surface area contributed by atoms with Crippen molar-refractivity contribution in [2.75, 3.05) is 17.2 Å². The van der Waals surface area contributed by atoms with E-state index in [1.54, 1.807) is 0 Å². The van der Waals surface area contributed by atoms with Gasteiger partial charge in [-0.2, -0.15) is 0 Å². The van der Waals surface area contributed by atoms with Crippen molar-refractivity contribution in [3.63, 3.8) is 0 Å². The Kier molecular flexibility index (Phi) is 3.88. The molecule has 3 nitrogen and oxygen atoms in total. The molecule has 0 atom stereocenters. The topological polar surface area (TPSA) is 46.3 Å². The zero-order valence-corrected chi connectivity index (χ0v) is 13.2. The minimum absolute atomic E-state index is 0.153. The number of aryl methyl sites for hydroxylation is 2. The predicted molar refractivity (Wildman–Crippen MR) is 91.1 cm³/mol. The van der Waals surface area contributed by atoms with Crippen LogP contribution in [0.3, 0.4) is 0 Å². The third kappa shape index (κ3) is 2.71. The largest absolute Gasteiger partial charge is 0.398 e. The Morgan fingerprint density at radius 3 is 2.86 bits per heavy atom. The molecule has 114 valence electrons. The number of amides is 1. The number of nitrogen functional groups attached to an aromatic ring is 1. The number of anilines is 2. The average molecular weight is 294 g/mol. The number of benzene rings is 2. The third-order valence-corrected chi connectivity index (χ3v) is 4.43. The smallest absolute Gasteiger partial charge is 0.231 e. The molecule has 0 unspecified atom stereocenters. The Morgan fingerprint density at radius 1 is 1.23 bits per heavy atom. The number of nitrogens with two attached hydrogens (primary N) is 1. The van der Waals surface area contributed by atoms with Crippen LogP contribution in [-0.4, -0.2) is 12.5 Å². The maximum atomic E-state index is 12.8. The van der Waals surface area contributed by atoms with Crippen LogP contribution < -0.4 is 10.6 Å². The van der Waals surface area contributed by atoms with E-state index in [0.717, 1.165) is 41.9 Å². The second-order valence-corrected chi connectivity index (χ2v) is 6.10. The molecule has 0 aromatic heterocycles. The predicted octanol–water partition coefficient (Wildman–Crippen LogP) is 3.41. The van der Waals surface area contributed by atoms with E-state index in [1.165, 1.54) is 11.1 Å². The van der Waals surface area contributed by atoms with Crippen molar-refractivity contribution in [2.24, 2.45) is 0 Å². The van der Waals surface area contributed by atoms with Crippen LogP contribution in [0.25, 0.3) is 0 Å². The number of carbonyl (C=O) groups excluding carboxylic acids is 1. The molecular formula is C19H22N2O. The van der Waals surface area contributed by atoms with E-state index < -0.39 is 0 Å². The Balaban J connectivity index is 1.88. The first-order valence-corrected chi connectivity index (χ1v) is 7.80. The second-order valence-electron chi connectivity index (χ2n) is 6.10. The minimum atomic E-state index is 0.153. The summed E-state index contributed by atoms with van der Waals surface area (Å²) in [6, 6.07) is 12.1. The summed E-state index contributed by atoms with van der Waals surface area (Å²) in [7, 11) is 0. The fourth-order valence-electron chi connectivity index (χ4n) is 3.16. The van der Waals surface area contributed by atoms with Crippen LogP contribution in [-0.2, 0) is 17.6 Å². The molecular weight excluding hydrogens is 272 g/mol. The van der Waals surface area contributed by atoms with Gasteiger partial charge in [0.25, 0.3) is 0 Å². The summed E-state index contributed by atoms with van der Waals surface area (Å²) in [5.41, 5.74) is 12.4. The summed E-state index contributed by atoms with van der Waals surface area (Å²) in [4.78, 5) is 14.7. The van der Waals surface area contributed by atoms with Gasteiger partial charge in [0.15, 0.2) is 0 Å². The van der Waals surface area contributed by atoms with Gasteiger partial charge in [0.1, 0.15) is 0 Å². The lowest BCUT2D eigenvalue weighted by atomic mass is 9.98. The monoisotopic (exact) mass is 294 g/mol. The molecule has 1 heterocycles. The first-order valence-electron chi connectivity index (χ1n) is 7.80. The standard InChI is InChI=1S/C19H22N2O/c1-13-8-9-14(2)15(11-13)12-19(22)21-10-4-5-16-17(20)6-3-7-18(16)21/h3,6-9,11H,4-5,10,12,20H2,1-2H3. The lowest BCUT2D eigenvalue weighted by molar-refractivity contribution is -0.118. The van der Waals surface area contributed by atoms with Gasteiger partial charge < -0.3 is 10.6 Å². The second kappa shape index (κ2) is 5.84. The summed E-state index contributed by atoms with van der Waals surface area (Å²) in [6.07, 6.45) is 2.37. The van der Waals surface area contributed by atoms with E-state index in [1.807, 2.05) is 23.1 Å². The van der Waals surface area contributed by atoms with Crippen molar-refractivity contribution in [3.05, 3.63) is 58.7 Å². The maximum absolute atomic E-state index is 12.8. The number of fused-ring (bicyclic) bond motifs is 1. The van der Waals surface area contributed by atoms with Gasteiger partial charge in [-0.05, 0) is 55.5 Å². The van der Waals surface area contributed by atoms with Gasteiger partial charge >= 0.3 is 0 Å². The van der Waals surface area contributed by atoms with E-state index in [0.29, 0.717) is 6.42 Å². The van der Waals surface area contributed by atoms with Gasteiger partial charge in [-0.15, -0.1) is 0 Å². The quantitative estimate of drug-likeness (QED) is 0.863. The molecule has 1 amide bonds. The molecule has 0 spiro atoms. The molecule has 3 heteroatoms. The van der Waals surface area contributed by atoms with Gasteiger partial charge in [-0.25, -0.2) is 0 Å². The van der Waals surface area contributed by atoms with Crippen LogP contribution in [0.5, 0.6) is 0 Å². The number of hydrogen-bond donors (Lipinski definition) is 1. The minimum Gasteiger partial charge on any atom is -0.398 e. The van der Waals surface area contributed by atoms with Crippen LogP contribution in [0.15, 0.2) is 36.4 Å². The Bertz CT molecular complexity index is 721. The molecule has 2 N–H and O–H groups in total. The molecule has 2 aromatic carbocycles. The SMILES string of the molecule is Cc1ccc(C)c(CC(=O)N2CCCc3c(N)cccc32)c1. The molecule has 2 aromatic rings. The molecule has 22 heavy (non-hydrogen) atoms. The highest BCUT2D eigenvalue weighted by Crippen LogP contribution is 2.31. The van der Waals surface area contributed by atoms with E-state index in [4.69, 9.17) is 5.73 Å². The molecule has 0 radical (unpaired) electrons. The van der Waals surface area contributed by atoms with E-state index in [9.17, 15) is 4.79 Å². The van der Waals surface area contributed by atoms with Crippen LogP contribution in [0, 0.1) is 13.8 Å². The Labute approximate surface area is 131 Å². The zero-order valence-electron chi connectivity index (χ0n) is 13.2. The first-order chi connectivity index (χ1) is 10.6. The summed E-state index contributed by atoms with van der Waals surface area (Å²) in [6.45, 7) is 4.90. The van der Waals surface area contributed by atoms with Crippen LogP contribution in [0.1, 0.15) is 28.7 Å². The number of nitrogens with zero attached hydrogens (tertiary/aromatic N) is 1. The Morgan fingerprint density at radius 2 is 2.05 bits per heavy atom. The van der Waals surface area contributed by atoms with Crippen molar-refractivity contribution in [3.8, 4) is 0 Å². The van der Waals surface area contributed by atoms with E-state index in [2.05, 4.69) is 32.0 Å². The highest BCUT2D eigenvalue weighted by Gasteiger charge is 2.24. The number of rotatable bonds is 2. The molecule has 0 bridgehead atoms. The van der Waals surface area contributed by atoms with Crippen molar-refractivity contribution in [1.82, 2.24) is 0 Å². The van der Waals surface area contributed by atoms with Crippen LogP contribution in [0.2, 0.25) is 0 Å². The summed E-state index contributed by atoms with van der Waals surface area (Å²) in [5, 5.41) is 0. The van der Waals surface area contributed by atoms with Crippen molar-refractivity contribution in [2.45, 2.75) is 33.1 Å². The maximum Gasteiger partial charge on any atom is 0.231 e. The summed E-state index contributed by atoms with van der Waals surface area (Å²) in [5.74, 6) is 0.153. The van der Waals surface area contributed by atoms with Crippen molar-refractivity contribution >= 4 is 17.3 Å². The molecule has 1 aliphatic heterocycles. The lowest BCUT2D eigenvalue weighted by Gasteiger charge is -2.30. The first kappa shape index (κ1) is 14.6. The van der Waals surface area contributed by atoms with Crippen molar-refractivity contribution < 1.29 is 4.79 Å². The lowest BCUT2D eigenvalue weighted by Crippen LogP contribution is -2.36. The molecule has 3 rings (SSSR count). The highest BCUT2D eigenvalue weighted by molar-refractivity contribution is 5.96. The summed E-state index contributed by atoms with van der Waals surface area (Å²) >= 11 is 0. The van der Waals surface area contributed by atoms with Gasteiger partial charge in [0.2, 0.25) is 5.91 Å². The van der Waals surface area contributed by atoms with Crippen LogP contribution >= 0.6 is 0 Å². The van der Waals surface area contributed by atoms with E-state index >= 15 is 0 Å². The van der Waals surface area contributed by atoms with Gasteiger partial charge in [0, 0.05) is 17.9 Å². The van der Waals surface area contributed by atoms with Gasteiger partial charge in [-0.3, -0.25) is 4.79 Å². The van der Waals surface area contributed by atoms with Gasteiger partial charge in [-0.1, -0.05) is 29.8 Å². The normalized spacial score (nSPS) is 13.8. The third-order valence-electron chi connectivity index (χ3n) is 4.43. The molecule has 0 fully saturated rings. The average Bonchev–Trinajstić information content (AvgIpc) is 2.51.